The molecule has 86 valence electrons. The van der Waals surface area contributed by atoms with Crippen molar-refractivity contribution >= 4 is 11.9 Å². The van der Waals surface area contributed by atoms with E-state index in [1.165, 1.54) is 0 Å². The van der Waals surface area contributed by atoms with Gasteiger partial charge in [-0.2, -0.15) is 0 Å². The van der Waals surface area contributed by atoms with E-state index in [0.29, 0.717) is 25.7 Å². The average molecular weight is 214 g/mol. The molecule has 0 heterocycles. The van der Waals surface area contributed by atoms with E-state index in [1.807, 2.05) is 13.0 Å². The quantitative estimate of drug-likeness (QED) is 0.608. The SMILES string of the molecule is CCC(CC/C=C/CCC(=O)O)C(=O)O. The molecule has 0 bridgehead atoms. The minimum atomic E-state index is -0.809. The van der Waals surface area contributed by atoms with Gasteiger partial charge in [-0.25, -0.2) is 0 Å². The lowest BCUT2D eigenvalue weighted by atomic mass is 10.0. The molecule has 0 aliphatic heterocycles. The Morgan fingerprint density at radius 2 is 1.80 bits per heavy atom. The van der Waals surface area contributed by atoms with Crippen LogP contribution in [-0.4, -0.2) is 22.2 Å². The van der Waals surface area contributed by atoms with Crippen molar-refractivity contribution in [2.75, 3.05) is 0 Å². The summed E-state index contributed by atoms with van der Waals surface area (Å²) in [5, 5.41) is 17.1. The summed E-state index contributed by atoms with van der Waals surface area (Å²) >= 11 is 0. The lowest BCUT2D eigenvalue weighted by molar-refractivity contribution is -0.142. The maximum absolute atomic E-state index is 10.6. The first-order valence-corrected chi connectivity index (χ1v) is 5.17. The molecule has 4 nitrogen and oxygen atoms in total. The molecule has 1 unspecified atom stereocenters. The van der Waals surface area contributed by atoms with Gasteiger partial charge in [0, 0.05) is 6.42 Å². The van der Waals surface area contributed by atoms with Crippen molar-refractivity contribution in [1.82, 2.24) is 0 Å². The van der Waals surface area contributed by atoms with Gasteiger partial charge in [-0.15, -0.1) is 0 Å². The molecule has 0 radical (unpaired) electrons. The highest BCUT2D eigenvalue weighted by Crippen LogP contribution is 2.11. The molecule has 0 rings (SSSR count). The van der Waals surface area contributed by atoms with Crippen molar-refractivity contribution in [3.8, 4) is 0 Å². The fraction of sp³-hybridized carbons (Fsp3) is 0.636. The number of carbonyl (C=O) groups is 2. The second-order valence-electron chi connectivity index (χ2n) is 3.42. The summed E-state index contributed by atoms with van der Waals surface area (Å²) in [4.78, 5) is 20.8. The molecule has 0 aromatic carbocycles. The molecule has 0 amide bonds. The number of carboxylic acids is 2. The predicted molar refractivity (Wildman–Crippen MR) is 56.7 cm³/mol. The molecule has 0 spiro atoms. The zero-order valence-corrected chi connectivity index (χ0v) is 8.98. The molecule has 4 heteroatoms. The standard InChI is InChI=1S/C11H18O4/c1-2-9(11(14)15)7-5-3-4-6-8-10(12)13/h3-4,9H,2,5-8H2,1H3,(H,12,13)(H,14,15)/b4-3+. The normalized spacial score (nSPS) is 12.9. The Kier molecular flexibility index (Phi) is 7.32. The van der Waals surface area contributed by atoms with E-state index >= 15 is 0 Å². The minimum Gasteiger partial charge on any atom is -0.481 e. The molecule has 0 aromatic heterocycles. The second kappa shape index (κ2) is 8.03. The van der Waals surface area contributed by atoms with Crippen molar-refractivity contribution in [1.29, 1.82) is 0 Å². The van der Waals surface area contributed by atoms with Crippen LogP contribution >= 0.6 is 0 Å². The number of aliphatic carboxylic acids is 2. The maximum atomic E-state index is 10.6. The first-order chi connectivity index (χ1) is 7.07. The van der Waals surface area contributed by atoms with E-state index in [2.05, 4.69) is 0 Å². The maximum Gasteiger partial charge on any atom is 0.306 e. The third-order valence-electron chi connectivity index (χ3n) is 2.22. The fourth-order valence-corrected chi connectivity index (χ4v) is 1.24. The Morgan fingerprint density at radius 1 is 1.20 bits per heavy atom. The topological polar surface area (TPSA) is 74.6 Å². The Bertz CT molecular complexity index is 233. The summed E-state index contributed by atoms with van der Waals surface area (Å²) in [6.07, 6.45) is 6.25. The van der Waals surface area contributed by atoms with Crippen LogP contribution in [0.2, 0.25) is 0 Å². The van der Waals surface area contributed by atoms with Gasteiger partial charge < -0.3 is 10.2 Å². The second-order valence-corrected chi connectivity index (χ2v) is 3.42. The number of rotatable bonds is 8. The third-order valence-corrected chi connectivity index (χ3v) is 2.22. The summed E-state index contributed by atoms with van der Waals surface area (Å²) in [6, 6.07) is 0. The van der Waals surface area contributed by atoms with Gasteiger partial charge in [-0.05, 0) is 25.7 Å². The first-order valence-electron chi connectivity index (χ1n) is 5.17. The van der Waals surface area contributed by atoms with E-state index in [-0.39, 0.29) is 12.3 Å². The van der Waals surface area contributed by atoms with Crippen LogP contribution in [0.25, 0.3) is 0 Å². The fourth-order valence-electron chi connectivity index (χ4n) is 1.24. The Labute approximate surface area is 89.6 Å². The smallest absolute Gasteiger partial charge is 0.306 e. The molecular weight excluding hydrogens is 196 g/mol. The minimum absolute atomic E-state index is 0.132. The summed E-state index contributed by atoms with van der Waals surface area (Å²) in [6.45, 7) is 1.85. The summed E-state index contributed by atoms with van der Waals surface area (Å²) in [5.74, 6) is -1.85. The molecule has 0 saturated heterocycles. The van der Waals surface area contributed by atoms with Crippen LogP contribution < -0.4 is 0 Å². The lowest BCUT2D eigenvalue weighted by Gasteiger charge is -2.06. The predicted octanol–water partition coefficient (Wildman–Crippen LogP) is 2.30. The molecule has 0 saturated carbocycles. The van der Waals surface area contributed by atoms with Crippen LogP contribution in [0, 0.1) is 5.92 Å². The van der Waals surface area contributed by atoms with Crippen molar-refractivity contribution < 1.29 is 19.8 Å². The molecule has 2 N–H and O–H groups in total. The van der Waals surface area contributed by atoms with Crippen molar-refractivity contribution in [2.24, 2.45) is 5.92 Å². The highest BCUT2D eigenvalue weighted by molar-refractivity contribution is 5.69. The van der Waals surface area contributed by atoms with Gasteiger partial charge in [0.25, 0.3) is 0 Å². The zero-order valence-electron chi connectivity index (χ0n) is 8.98. The van der Waals surface area contributed by atoms with Crippen molar-refractivity contribution in [3.63, 3.8) is 0 Å². The van der Waals surface area contributed by atoms with Gasteiger partial charge >= 0.3 is 11.9 Å². The number of allylic oxidation sites excluding steroid dienone is 2. The van der Waals surface area contributed by atoms with Crippen molar-refractivity contribution in [3.05, 3.63) is 12.2 Å². The molecule has 15 heavy (non-hydrogen) atoms. The van der Waals surface area contributed by atoms with Gasteiger partial charge in [-0.1, -0.05) is 19.1 Å². The zero-order chi connectivity index (χ0) is 11.7. The van der Waals surface area contributed by atoms with E-state index in [9.17, 15) is 9.59 Å². The van der Waals surface area contributed by atoms with Gasteiger partial charge in [0.05, 0.1) is 5.92 Å². The van der Waals surface area contributed by atoms with Crippen LogP contribution in [0.3, 0.4) is 0 Å². The van der Waals surface area contributed by atoms with Crippen LogP contribution in [0.1, 0.15) is 39.0 Å². The van der Waals surface area contributed by atoms with Gasteiger partial charge in [0.15, 0.2) is 0 Å². The average Bonchev–Trinajstić information content (AvgIpc) is 2.15. The largest absolute Gasteiger partial charge is 0.481 e. The van der Waals surface area contributed by atoms with Crippen LogP contribution in [-0.2, 0) is 9.59 Å². The first kappa shape index (κ1) is 13.7. The summed E-state index contributed by atoms with van der Waals surface area (Å²) in [7, 11) is 0. The Morgan fingerprint density at radius 3 is 2.27 bits per heavy atom. The van der Waals surface area contributed by atoms with Gasteiger partial charge in [-0.3, -0.25) is 9.59 Å². The molecule has 0 aliphatic carbocycles. The third kappa shape index (κ3) is 7.73. The number of hydrogen-bond donors (Lipinski definition) is 2. The number of carboxylic acid groups (broad SMARTS) is 2. The lowest BCUT2D eigenvalue weighted by Crippen LogP contribution is -2.11. The molecule has 0 aromatic rings. The highest BCUT2D eigenvalue weighted by Gasteiger charge is 2.12. The summed E-state index contributed by atoms with van der Waals surface area (Å²) in [5.41, 5.74) is 0. The van der Waals surface area contributed by atoms with Crippen molar-refractivity contribution in [2.45, 2.75) is 39.0 Å². The van der Waals surface area contributed by atoms with E-state index in [1.54, 1.807) is 6.08 Å². The molecular formula is C11H18O4. The van der Waals surface area contributed by atoms with Gasteiger partial charge in [0.1, 0.15) is 0 Å². The van der Waals surface area contributed by atoms with Gasteiger partial charge in [0.2, 0.25) is 0 Å². The molecule has 0 fully saturated rings. The Balaban J connectivity index is 3.59. The van der Waals surface area contributed by atoms with E-state index in [4.69, 9.17) is 10.2 Å². The Hall–Kier alpha value is -1.32. The van der Waals surface area contributed by atoms with E-state index < -0.39 is 11.9 Å². The summed E-state index contributed by atoms with van der Waals surface area (Å²) < 4.78 is 0. The molecule has 0 aliphatic rings. The van der Waals surface area contributed by atoms with Crippen LogP contribution in [0.4, 0.5) is 0 Å². The molecule has 1 atom stereocenters. The highest BCUT2D eigenvalue weighted by atomic mass is 16.4. The van der Waals surface area contributed by atoms with Crippen LogP contribution in [0.15, 0.2) is 12.2 Å². The monoisotopic (exact) mass is 214 g/mol. The van der Waals surface area contributed by atoms with E-state index in [0.717, 1.165) is 0 Å². The van der Waals surface area contributed by atoms with Crippen LogP contribution in [0.5, 0.6) is 0 Å². The number of hydrogen-bond acceptors (Lipinski definition) is 2.